The second-order valence-electron chi connectivity index (χ2n) is 3.96. The van der Waals surface area contributed by atoms with E-state index in [1.807, 2.05) is 6.07 Å². The van der Waals surface area contributed by atoms with Crippen LogP contribution in [0.4, 0.5) is 0 Å². The number of pyridine rings is 2. The van der Waals surface area contributed by atoms with E-state index >= 15 is 0 Å². The predicted molar refractivity (Wildman–Crippen MR) is 78.1 cm³/mol. The van der Waals surface area contributed by atoms with E-state index in [0.717, 1.165) is 0 Å². The zero-order valence-electron chi connectivity index (χ0n) is 11.2. The van der Waals surface area contributed by atoms with E-state index in [1.54, 1.807) is 6.07 Å². The highest BCUT2D eigenvalue weighted by molar-refractivity contribution is 6.02. The lowest BCUT2D eigenvalue weighted by molar-refractivity contribution is 0.0397. The number of carbonyl (C=O) groups excluding carboxylic acids is 2. The number of nitrogens with two attached hydrogens (primary N) is 1. The van der Waals surface area contributed by atoms with Gasteiger partial charge in [0.2, 0.25) is 0 Å². The molecular weight excluding hydrogens is 308 g/mol. The molecule has 8 heteroatoms. The van der Waals surface area contributed by atoms with Crippen LogP contribution in [-0.4, -0.2) is 21.9 Å². The van der Waals surface area contributed by atoms with Crippen molar-refractivity contribution in [2.45, 2.75) is 6.54 Å². The Hall–Kier alpha value is -2.82. The number of carbonyl (C=O) groups is 2. The van der Waals surface area contributed by atoms with Crippen molar-refractivity contribution in [3.8, 4) is 6.07 Å². The van der Waals surface area contributed by atoms with Crippen LogP contribution in [0, 0.1) is 11.3 Å². The molecule has 2 rings (SSSR count). The van der Waals surface area contributed by atoms with Gasteiger partial charge in [-0.05, 0) is 24.3 Å². The highest BCUT2D eigenvalue weighted by Crippen LogP contribution is 2.06. The van der Waals surface area contributed by atoms with Crippen molar-refractivity contribution in [3.05, 3.63) is 59.2 Å². The van der Waals surface area contributed by atoms with Gasteiger partial charge in [-0.25, -0.2) is 14.6 Å². The lowest BCUT2D eigenvalue weighted by atomic mass is 10.2. The number of nitrogens with zero attached hydrogens (tertiary/aromatic N) is 3. The standard InChI is InChI=1S/C14H10N4O3.ClH/c15-5-11-3-1-9(7-17-11)13(19)21-14(20)10-2-4-12(6-16)18-8-10;/h1-4,7-8H,5,15H2;1H. The van der Waals surface area contributed by atoms with E-state index < -0.39 is 11.9 Å². The van der Waals surface area contributed by atoms with Crippen molar-refractivity contribution in [3.63, 3.8) is 0 Å². The fourth-order valence-corrected chi connectivity index (χ4v) is 1.45. The highest BCUT2D eigenvalue weighted by Gasteiger charge is 2.15. The molecule has 0 fully saturated rings. The molecule has 2 N–H and O–H groups in total. The molecule has 7 nitrogen and oxygen atoms in total. The van der Waals surface area contributed by atoms with Gasteiger partial charge in [0.05, 0.1) is 16.8 Å². The maximum absolute atomic E-state index is 11.8. The Morgan fingerprint density at radius 1 is 1.09 bits per heavy atom. The summed E-state index contributed by atoms with van der Waals surface area (Å²) in [6.07, 6.45) is 2.46. The number of ether oxygens (including phenoxy) is 1. The quantitative estimate of drug-likeness (QED) is 0.667. The molecule has 2 aromatic heterocycles. The van der Waals surface area contributed by atoms with Crippen LogP contribution in [0.2, 0.25) is 0 Å². The van der Waals surface area contributed by atoms with Crippen LogP contribution in [0.15, 0.2) is 36.7 Å². The Balaban J connectivity index is 0.00000242. The van der Waals surface area contributed by atoms with Gasteiger partial charge in [-0.2, -0.15) is 5.26 Å². The highest BCUT2D eigenvalue weighted by atomic mass is 35.5. The number of hydrogen-bond acceptors (Lipinski definition) is 7. The average molecular weight is 319 g/mol. The summed E-state index contributed by atoms with van der Waals surface area (Å²) in [5, 5.41) is 8.61. The Bertz CT molecular complexity index is 708. The van der Waals surface area contributed by atoms with Gasteiger partial charge in [-0.1, -0.05) is 0 Å². The average Bonchev–Trinajstić information content (AvgIpc) is 2.55. The molecule has 0 unspecified atom stereocenters. The molecule has 0 amide bonds. The monoisotopic (exact) mass is 318 g/mol. The first-order valence-electron chi connectivity index (χ1n) is 5.91. The van der Waals surface area contributed by atoms with E-state index in [-0.39, 0.29) is 35.8 Å². The molecule has 0 aliphatic carbocycles. The van der Waals surface area contributed by atoms with Crippen molar-refractivity contribution in [1.29, 1.82) is 5.26 Å². The predicted octanol–water partition coefficient (Wildman–Crippen LogP) is 1.23. The summed E-state index contributed by atoms with van der Waals surface area (Å²) in [6.45, 7) is 0.255. The van der Waals surface area contributed by atoms with Crippen LogP contribution in [0.3, 0.4) is 0 Å². The summed E-state index contributed by atoms with van der Waals surface area (Å²) < 4.78 is 4.70. The lowest BCUT2D eigenvalue weighted by Gasteiger charge is -2.03. The molecule has 0 spiro atoms. The van der Waals surface area contributed by atoms with Gasteiger partial charge in [-0.3, -0.25) is 4.98 Å². The smallest absolute Gasteiger partial charge is 0.347 e. The van der Waals surface area contributed by atoms with E-state index in [0.29, 0.717) is 5.69 Å². The molecule has 0 aromatic carbocycles. The summed E-state index contributed by atoms with van der Waals surface area (Å²) in [5.41, 5.74) is 6.40. The van der Waals surface area contributed by atoms with Crippen LogP contribution in [0.1, 0.15) is 32.1 Å². The second kappa shape index (κ2) is 7.83. The van der Waals surface area contributed by atoms with Crippen molar-refractivity contribution >= 4 is 24.3 Å². The summed E-state index contributed by atoms with van der Waals surface area (Å²) >= 11 is 0. The van der Waals surface area contributed by atoms with Gasteiger partial charge in [0.1, 0.15) is 11.8 Å². The van der Waals surface area contributed by atoms with Crippen LogP contribution in [0.5, 0.6) is 0 Å². The number of rotatable bonds is 3. The van der Waals surface area contributed by atoms with E-state index in [2.05, 4.69) is 9.97 Å². The van der Waals surface area contributed by atoms with Crippen LogP contribution < -0.4 is 5.73 Å². The fraction of sp³-hybridized carbons (Fsp3) is 0.0714. The van der Waals surface area contributed by atoms with Gasteiger partial charge < -0.3 is 10.5 Å². The molecule has 0 bridgehead atoms. The Morgan fingerprint density at radius 2 is 1.68 bits per heavy atom. The molecule has 0 saturated heterocycles. The zero-order chi connectivity index (χ0) is 15.2. The molecule has 0 aliphatic rings. The fourth-order valence-electron chi connectivity index (χ4n) is 1.45. The van der Waals surface area contributed by atoms with Gasteiger partial charge in [0.15, 0.2) is 0 Å². The largest absolute Gasteiger partial charge is 0.386 e. The molecule has 0 atom stereocenters. The lowest BCUT2D eigenvalue weighted by Crippen LogP contribution is -2.13. The van der Waals surface area contributed by atoms with Gasteiger partial charge >= 0.3 is 11.9 Å². The summed E-state index contributed by atoms with van der Waals surface area (Å²) in [4.78, 5) is 31.2. The van der Waals surface area contributed by atoms with Crippen molar-refractivity contribution in [2.24, 2.45) is 5.73 Å². The number of nitriles is 1. The Morgan fingerprint density at radius 3 is 2.09 bits per heavy atom. The van der Waals surface area contributed by atoms with Crippen molar-refractivity contribution < 1.29 is 14.3 Å². The maximum Gasteiger partial charge on any atom is 0.347 e. The normalized spacial score (nSPS) is 9.27. The summed E-state index contributed by atoms with van der Waals surface area (Å²) in [6, 6.07) is 7.59. The molecule has 0 saturated carbocycles. The SMILES string of the molecule is Cl.N#Cc1ccc(C(=O)OC(=O)c2ccc(CN)nc2)cn1. The Labute approximate surface area is 132 Å². The summed E-state index contributed by atoms with van der Waals surface area (Å²) in [5.74, 6) is -1.67. The first kappa shape index (κ1) is 17.2. The first-order chi connectivity index (χ1) is 10.1. The van der Waals surface area contributed by atoms with Crippen LogP contribution in [0.25, 0.3) is 0 Å². The summed E-state index contributed by atoms with van der Waals surface area (Å²) in [7, 11) is 0. The van der Waals surface area contributed by atoms with E-state index in [4.69, 9.17) is 15.7 Å². The van der Waals surface area contributed by atoms with E-state index in [9.17, 15) is 9.59 Å². The third kappa shape index (κ3) is 4.09. The third-order valence-corrected chi connectivity index (χ3v) is 2.57. The van der Waals surface area contributed by atoms with Gasteiger partial charge in [-0.15, -0.1) is 12.4 Å². The molecule has 0 aliphatic heterocycles. The van der Waals surface area contributed by atoms with Crippen molar-refractivity contribution in [1.82, 2.24) is 9.97 Å². The van der Waals surface area contributed by atoms with E-state index in [1.165, 1.54) is 30.6 Å². The van der Waals surface area contributed by atoms with Gasteiger partial charge in [0, 0.05) is 18.9 Å². The topological polar surface area (TPSA) is 119 Å². The maximum atomic E-state index is 11.8. The third-order valence-electron chi connectivity index (χ3n) is 2.57. The van der Waals surface area contributed by atoms with Crippen LogP contribution >= 0.6 is 12.4 Å². The Kier molecular flexibility index (Phi) is 6.13. The molecule has 2 aromatic rings. The zero-order valence-corrected chi connectivity index (χ0v) is 12.0. The number of aromatic nitrogens is 2. The number of halogens is 1. The molecule has 0 radical (unpaired) electrons. The molecular formula is C14H11ClN4O3. The second-order valence-corrected chi connectivity index (χ2v) is 3.96. The molecule has 112 valence electrons. The van der Waals surface area contributed by atoms with Crippen molar-refractivity contribution in [2.75, 3.05) is 0 Å². The molecule has 2 heterocycles. The van der Waals surface area contributed by atoms with Gasteiger partial charge in [0.25, 0.3) is 0 Å². The van der Waals surface area contributed by atoms with Crippen LogP contribution in [-0.2, 0) is 11.3 Å². The minimum Gasteiger partial charge on any atom is -0.386 e. The first-order valence-corrected chi connectivity index (χ1v) is 5.91. The minimum atomic E-state index is -0.847. The number of esters is 2. The molecule has 22 heavy (non-hydrogen) atoms. The number of hydrogen-bond donors (Lipinski definition) is 1. The minimum absolute atomic E-state index is 0.